The molecule has 0 amide bonds. The van der Waals surface area contributed by atoms with Gasteiger partial charge in [-0.1, -0.05) is 12.6 Å². The molecular weight excluding hydrogens is 181 g/mol. The second-order valence-electron chi connectivity index (χ2n) is 3.21. The monoisotopic (exact) mass is 195 g/mol. The molecule has 0 aromatic heterocycles. The van der Waals surface area contributed by atoms with E-state index in [1.807, 2.05) is 6.92 Å². The maximum atomic E-state index is 13.3. The molecule has 1 aromatic rings. The van der Waals surface area contributed by atoms with Gasteiger partial charge in [0.25, 0.3) is 0 Å². The Balaban J connectivity index is 2.73. The first-order chi connectivity index (χ1) is 6.63. The molecule has 0 saturated heterocycles. The topological polar surface area (TPSA) is 35.2 Å². The number of rotatable bonds is 4. The molecule has 0 fully saturated rings. The minimum Gasteiger partial charge on any atom is -0.486 e. The highest BCUT2D eigenvalue weighted by molar-refractivity contribution is 5.29. The molecule has 0 radical (unpaired) electrons. The summed E-state index contributed by atoms with van der Waals surface area (Å²) in [6.45, 7) is 6.15. The summed E-state index contributed by atoms with van der Waals surface area (Å²) in [6, 6.07) is 4.71. The lowest BCUT2D eigenvalue weighted by Crippen LogP contribution is -2.01. The van der Waals surface area contributed by atoms with E-state index in [4.69, 9.17) is 10.5 Å². The average molecular weight is 195 g/mol. The third-order valence-corrected chi connectivity index (χ3v) is 1.71. The van der Waals surface area contributed by atoms with Gasteiger partial charge in [0.05, 0.1) is 0 Å². The lowest BCUT2D eigenvalue weighted by Gasteiger charge is -2.07. The fourth-order valence-electron chi connectivity index (χ4n) is 0.989. The van der Waals surface area contributed by atoms with E-state index in [1.54, 1.807) is 12.1 Å². The molecule has 14 heavy (non-hydrogen) atoms. The normalized spacial score (nSPS) is 9.93. The number of ether oxygens (including phenoxy) is 1. The van der Waals surface area contributed by atoms with Crippen molar-refractivity contribution >= 4 is 0 Å². The molecule has 0 heterocycles. The summed E-state index contributed by atoms with van der Waals surface area (Å²) < 4.78 is 18.5. The highest BCUT2D eigenvalue weighted by atomic mass is 19.1. The van der Waals surface area contributed by atoms with Crippen LogP contribution < -0.4 is 10.5 Å². The van der Waals surface area contributed by atoms with Crippen molar-refractivity contribution in [3.05, 3.63) is 41.7 Å². The van der Waals surface area contributed by atoms with Crippen molar-refractivity contribution < 1.29 is 9.13 Å². The van der Waals surface area contributed by atoms with Crippen molar-refractivity contribution in [1.82, 2.24) is 0 Å². The smallest absolute Gasteiger partial charge is 0.165 e. The van der Waals surface area contributed by atoms with Gasteiger partial charge < -0.3 is 10.5 Å². The predicted octanol–water partition coefficient (Wildman–Crippen LogP) is 2.24. The molecule has 0 saturated carbocycles. The Kier molecular flexibility index (Phi) is 3.65. The second-order valence-corrected chi connectivity index (χ2v) is 3.21. The van der Waals surface area contributed by atoms with Crippen LogP contribution in [0.25, 0.3) is 0 Å². The molecule has 0 aliphatic heterocycles. The van der Waals surface area contributed by atoms with Gasteiger partial charge in [0.2, 0.25) is 0 Å². The van der Waals surface area contributed by atoms with Crippen LogP contribution in [-0.4, -0.2) is 6.61 Å². The van der Waals surface area contributed by atoms with Crippen molar-refractivity contribution in [2.24, 2.45) is 5.73 Å². The van der Waals surface area contributed by atoms with Crippen LogP contribution in [0.2, 0.25) is 0 Å². The molecule has 0 bridgehead atoms. The van der Waals surface area contributed by atoms with Gasteiger partial charge in [0.15, 0.2) is 11.6 Å². The minimum atomic E-state index is -0.380. The van der Waals surface area contributed by atoms with Crippen LogP contribution in [0, 0.1) is 5.82 Å². The Morgan fingerprint density at radius 2 is 2.29 bits per heavy atom. The lowest BCUT2D eigenvalue weighted by molar-refractivity contribution is 0.332. The standard InChI is InChI=1S/C11H14FNO/c1-8(2)7-14-11-4-3-9(6-13)5-10(11)12/h3-5H,1,6-7,13H2,2H3. The Hall–Kier alpha value is -1.35. The summed E-state index contributed by atoms with van der Waals surface area (Å²) in [5.41, 5.74) is 6.98. The van der Waals surface area contributed by atoms with E-state index in [0.29, 0.717) is 13.2 Å². The number of hydrogen-bond acceptors (Lipinski definition) is 2. The molecule has 2 N–H and O–H groups in total. The van der Waals surface area contributed by atoms with Crippen molar-refractivity contribution in [2.45, 2.75) is 13.5 Å². The van der Waals surface area contributed by atoms with Gasteiger partial charge in [-0.2, -0.15) is 0 Å². The molecule has 1 rings (SSSR count). The van der Waals surface area contributed by atoms with Gasteiger partial charge in [0.1, 0.15) is 6.61 Å². The van der Waals surface area contributed by atoms with Crippen molar-refractivity contribution in [2.75, 3.05) is 6.61 Å². The number of halogens is 1. The molecule has 2 nitrogen and oxygen atoms in total. The number of benzene rings is 1. The van der Waals surface area contributed by atoms with Crippen LogP contribution in [0.3, 0.4) is 0 Å². The first kappa shape index (κ1) is 10.7. The summed E-state index contributed by atoms with van der Waals surface area (Å²) in [5, 5.41) is 0. The van der Waals surface area contributed by atoms with Gasteiger partial charge in [0, 0.05) is 6.54 Å². The lowest BCUT2D eigenvalue weighted by atomic mass is 10.2. The molecule has 0 aliphatic rings. The minimum absolute atomic E-state index is 0.241. The SMILES string of the molecule is C=C(C)COc1ccc(CN)cc1F. The highest BCUT2D eigenvalue weighted by Gasteiger charge is 2.03. The Labute approximate surface area is 83.2 Å². The van der Waals surface area contributed by atoms with Crippen LogP contribution >= 0.6 is 0 Å². The third-order valence-electron chi connectivity index (χ3n) is 1.71. The molecule has 0 spiro atoms. The second kappa shape index (κ2) is 4.77. The van der Waals surface area contributed by atoms with Crippen LogP contribution in [-0.2, 0) is 6.54 Å². The van der Waals surface area contributed by atoms with Gasteiger partial charge in [-0.25, -0.2) is 4.39 Å². The van der Waals surface area contributed by atoms with E-state index < -0.39 is 0 Å². The van der Waals surface area contributed by atoms with Crippen molar-refractivity contribution in [3.63, 3.8) is 0 Å². The van der Waals surface area contributed by atoms with Crippen LogP contribution in [0.4, 0.5) is 4.39 Å². The van der Waals surface area contributed by atoms with Gasteiger partial charge in [-0.15, -0.1) is 0 Å². The molecule has 3 heteroatoms. The maximum Gasteiger partial charge on any atom is 0.165 e. The molecular formula is C11H14FNO. The summed E-state index contributed by atoms with van der Waals surface area (Å²) in [5.74, 6) is -0.139. The first-order valence-corrected chi connectivity index (χ1v) is 4.39. The molecule has 1 aromatic carbocycles. The number of nitrogens with two attached hydrogens (primary N) is 1. The van der Waals surface area contributed by atoms with E-state index in [2.05, 4.69) is 6.58 Å². The van der Waals surface area contributed by atoms with E-state index in [-0.39, 0.29) is 11.6 Å². The molecule has 0 atom stereocenters. The summed E-state index contributed by atoms with van der Waals surface area (Å²) >= 11 is 0. The van der Waals surface area contributed by atoms with Crippen LogP contribution in [0.5, 0.6) is 5.75 Å². The van der Waals surface area contributed by atoms with E-state index in [9.17, 15) is 4.39 Å². The van der Waals surface area contributed by atoms with Gasteiger partial charge in [-0.05, 0) is 30.2 Å². The average Bonchev–Trinajstić information content (AvgIpc) is 2.15. The summed E-state index contributed by atoms with van der Waals surface area (Å²) in [7, 11) is 0. The van der Waals surface area contributed by atoms with Crippen molar-refractivity contribution in [1.29, 1.82) is 0 Å². The van der Waals surface area contributed by atoms with Gasteiger partial charge in [-0.3, -0.25) is 0 Å². The van der Waals surface area contributed by atoms with E-state index in [1.165, 1.54) is 6.07 Å². The molecule has 0 unspecified atom stereocenters. The zero-order valence-electron chi connectivity index (χ0n) is 8.22. The molecule has 0 aliphatic carbocycles. The third kappa shape index (κ3) is 2.85. The Bertz CT molecular complexity index is 336. The highest BCUT2D eigenvalue weighted by Crippen LogP contribution is 2.18. The van der Waals surface area contributed by atoms with Crippen LogP contribution in [0.15, 0.2) is 30.4 Å². The van der Waals surface area contributed by atoms with Crippen molar-refractivity contribution in [3.8, 4) is 5.75 Å². The largest absolute Gasteiger partial charge is 0.486 e. The fourth-order valence-corrected chi connectivity index (χ4v) is 0.989. The summed E-state index contributed by atoms with van der Waals surface area (Å²) in [4.78, 5) is 0. The Morgan fingerprint density at radius 3 is 2.79 bits per heavy atom. The molecule has 76 valence electrons. The van der Waals surface area contributed by atoms with Crippen LogP contribution in [0.1, 0.15) is 12.5 Å². The first-order valence-electron chi connectivity index (χ1n) is 4.39. The quantitative estimate of drug-likeness (QED) is 0.748. The van der Waals surface area contributed by atoms with E-state index in [0.717, 1.165) is 11.1 Å². The van der Waals surface area contributed by atoms with Gasteiger partial charge >= 0.3 is 0 Å². The van der Waals surface area contributed by atoms with E-state index >= 15 is 0 Å². The zero-order valence-corrected chi connectivity index (χ0v) is 8.22. The number of hydrogen-bond donors (Lipinski definition) is 1. The predicted molar refractivity (Wildman–Crippen MR) is 54.6 cm³/mol. The zero-order chi connectivity index (χ0) is 10.6. The maximum absolute atomic E-state index is 13.3. The Morgan fingerprint density at radius 1 is 1.57 bits per heavy atom. The summed E-state index contributed by atoms with van der Waals surface area (Å²) in [6.07, 6.45) is 0. The fraction of sp³-hybridized carbons (Fsp3) is 0.273.